The summed E-state index contributed by atoms with van der Waals surface area (Å²) in [7, 11) is 0. The van der Waals surface area contributed by atoms with Crippen LogP contribution in [0.25, 0.3) is 0 Å². The molecule has 0 radical (unpaired) electrons. The van der Waals surface area contributed by atoms with Gasteiger partial charge in [0.1, 0.15) is 0 Å². The van der Waals surface area contributed by atoms with E-state index in [1.165, 1.54) is 0 Å². The van der Waals surface area contributed by atoms with Crippen LogP contribution in [0, 0.1) is 46.3 Å². The number of aliphatic carboxylic acids is 1. The molecule has 4 rings (SSSR count). The molecule has 4 nitrogen and oxygen atoms in total. The van der Waals surface area contributed by atoms with Crippen molar-refractivity contribution in [3.63, 3.8) is 0 Å². The van der Waals surface area contributed by atoms with Crippen LogP contribution in [0.1, 0.15) is 91.7 Å². The van der Waals surface area contributed by atoms with E-state index in [9.17, 15) is 15.0 Å². The van der Waals surface area contributed by atoms with Crippen molar-refractivity contribution >= 4 is 5.97 Å². The first kappa shape index (κ1) is 15.2. The SMILES string of the molecule is [2H]C1([2H])C[C@@]2(C)[C@H](C[C@H](O)[C@@H]3[C@@H]2CC[C@]2(C)[C@@H]([C@H](C)CCC(=O)O)CC[C@@H]32)C([2H])([2H])[C@]1([2H])O. The van der Waals surface area contributed by atoms with Gasteiger partial charge in [-0.25, -0.2) is 0 Å². The van der Waals surface area contributed by atoms with E-state index in [2.05, 4.69) is 13.8 Å². The molecule has 10 atom stereocenters. The minimum atomic E-state index is -2.86. The summed E-state index contributed by atoms with van der Waals surface area (Å²) in [4.78, 5) is 11.1. The van der Waals surface area contributed by atoms with Crippen LogP contribution in [0.5, 0.6) is 0 Å². The van der Waals surface area contributed by atoms with Crippen molar-refractivity contribution in [2.75, 3.05) is 0 Å². The number of fused-ring (bicyclic) bond motifs is 5. The molecule has 0 unspecified atom stereocenters. The van der Waals surface area contributed by atoms with E-state index in [-0.39, 0.29) is 48.3 Å². The fourth-order valence-corrected chi connectivity index (χ4v) is 7.92. The minimum Gasteiger partial charge on any atom is -0.481 e. The summed E-state index contributed by atoms with van der Waals surface area (Å²) in [6, 6.07) is 0. The van der Waals surface area contributed by atoms with Crippen LogP contribution in [0.3, 0.4) is 0 Å². The first-order valence-corrected chi connectivity index (χ1v) is 11.1. The van der Waals surface area contributed by atoms with Crippen LogP contribution in [-0.4, -0.2) is 33.5 Å². The number of hydrogen-bond donors (Lipinski definition) is 3. The maximum absolute atomic E-state index is 11.4. The van der Waals surface area contributed by atoms with Gasteiger partial charge in [0.15, 0.2) is 0 Å². The molecule has 0 heterocycles. The fraction of sp³-hybridized carbons (Fsp3) is 0.958. The van der Waals surface area contributed by atoms with E-state index in [4.69, 9.17) is 12.0 Å². The highest BCUT2D eigenvalue weighted by atomic mass is 16.4. The molecule has 4 aliphatic rings. The third-order valence-corrected chi connectivity index (χ3v) is 9.42. The molecule has 0 saturated heterocycles. The van der Waals surface area contributed by atoms with Gasteiger partial charge in [-0.1, -0.05) is 20.8 Å². The largest absolute Gasteiger partial charge is 0.481 e. The molecular weight excluding hydrogens is 352 g/mol. The number of aliphatic hydroxyl groups is 2. The van der Waals surface area contributed by atoms with Crippen LogP contribution < -0.4 is 0 Å². The van der Waals surface area contributed by atoms with Gasteiger partial charge < -0.3 is 15.3 Å². The minimum absolute atomic E-state index is 0.0217. The number of carboxylic acid groups (broad SMARTS) is 1. The number of rotatable bonds is 4. The van der Waals surface area contributed by atoms with Gasteiger partial charge in [0.25, 0.3) is 0 Å². The summed E-state index contributed by atoms with van der Waals surface area (Å²) in [5.41, 5.74) is -0.773. The molecule has 160 valence electrons. The monoisotopic (exact) mass is 397 g/mol. The van der Waals surface area contributed by atoms with Crippen molar-refractivity contribution in [3.8, 4) is 0 Å². The smallest absolute Gasteiger partial charge is 0.303 e. The number of hydrogen-bond acceptors (Lipinski definition) is 3. The average Bonchev–Trinajstić information content (AvgIpc) is 3.04. The Hall–Kier alpha value is -0.610. The normalized spacial score (nSPS) is 60.5. The highest BCUT2D eigenvalue weighted by Gasteiger charge is 2.62. The molecule has 3 N–H and O–H groups in total. The molecule has 4 fully saturated rings. The molecule has 28 heavy (non-hydrogen) atoms. The van der Waals surface area contributed by atoms with E-state index < -0.39 is 42.2 Å². The standard InChI is InChI=1S/C24H40O4/c1-14(4-7-21(27)28)17-5-6-18-22-19(9-11-24(17,18)3)23(2)10-8-16(25)12-15(23)13-20(22)26/h14-20,22,25-26H,4-13H2,1-3H3,(H,27,28)/t14-,15+,16-,17-,18+,19+,20+,22+,23+,24-/m1/s1/i8D2,12D2,16D. The van der Waals surface area contributed by atoms with Gasteiger partial charge in [-0.3, -0.25) is 4.79 Å². The van der Waals surface area contributed by atoms with E-state index in [0.29, 0.717) is 12.3 Å². The maximum atomic E-state index is 11.4. The molecule has 4 aliphatic carbocycles. The molecule has 0 aromatic rings. The Labute approximate surface area is 177 Å². The number of carbonyl (C=O) groups is 1. The van der Waals surface area contributed by atoms with Crippen LogP contribution >= 0.6 is 0 Å². The molecule has 0 aromatic heterocycles. The summed E-state index contributed by atoms with van der Waals surface area (Å²) in [5.74, 6) is -0.819. The molecule has 0 bridgehead atoms. The Morgan fingerprint density at radius 2 is 1.89 bits per heavy atom. The Kier molecular flexibility index (Phi) is 3.95. The summed E-state index contributed by atoms with van der Waals surface area (Å²) in [6.45, 7) is 6.35. The third kappa shape index (κ3) is 3.14. The lowest BCUT2D eigenvalue weighted by Gasteiger charge is -2.62. The van der Waals surface area contributed by atoms with E-state index in [1.807, 2.05) is 6.92 Å². The molecule has 0 spiro atoms. The summed E-state index contributed by atoms with van der Waals surface area (Å²) >= 11 is 0. The predicted molar refractivity (Wildman–Crippen MR) is 109 cm³/mol. The van der Waals surface area contributed by atoms with E-state index >= 15 is 0 Å². The maximum Gasteiger partial charge on any atom is 0.303 e. The zero-order chi connectivity index (χ0) is 24.8. The second-order valence-corrected chi connectivity index (χ2v) is 10.6. The van der Waals surface area contributed by atoms with Crippen LogP contribution in [-0.2, 0) is 4.79 Å². The van der Waals surface area contributed by atoms with Crippen LogP contribution in [0.15, 0.2) is 0 Å². The van der Waals surface area contributed by atoms with Gasteiger partial charge in [0.2, 0.25) is 0 Å². The molecule has 4 heteroatoms. The van der Waals surface area contributed by atoms with Gasteiger partial charge in [-0.15, -0.1) is 0 Å². The van der Waals surface area contributed by atoms with E-state index in [1.54, 1.807) is 0 Å². The van der Waals surface area contributed by atoms with Gasteiger partial charge >= 0.3 is 5.97 Å². The van der Waals surface area contributed by atoms with E-state index in [0.717, 1.165) is 25.7 Å². The number of aliphatic hydroxyl groups excluding tert-OH is 1. The highest BCUT2D eigenvalue weighted by Crippen LogP contribution is 2.68. The molecular formula is C24H40O4. The second-order valence-electron chi connectivity index (χ2n) is 10.6. The zero-order valence-electron chi connectivity index (χ0n) is 22.4. The fourth-order valence-electron chi connectivity index (χ4n) is 7.92. The molecule has 0 amide bonds. The Morgan fingerprint density at radius 1 is 1.18 bits per heavy atom. The average molecular weight is 398 g/mol. The molecule has 0 aliphatic heterocycles. The van der Waals surface area contributed by atoms with Crippen molar-refractivity contribution in [3.05, 3.63) is 0 Å². The summed E-state index contributed by atoms with van der Waals surface area (Å²) in [6.07, 6.45) is -4.04. The highest BCUT2D eigenvalue weighted by molar-refractivity contribution is 5.66. The molecule has 4 saturated carbocycles. The predicted octanol–water partition coefficient (Wildman–Crippen LogP) is 4.48. The zero-order valence-corrected chi connectivity index (χ0v) is 17.4. The van der Waals surface area contributed by atoms with Gasteiger partial charge in [-0.2, -0.15) is 0 Å². The quantitative estimate of drug-likeness (QED) is 0.654. The van der Waals surface area contributed by atoms with Crippen LogP contribution in [0.2, 0.25) is 0 Å². The first-order chi connectivity index (χ1) is 15.0. The number of carboxylic acids is 1. The summed E-state index contributed by atoms with van der Waals surface area (Å²) in [5, 5.41) is 31.1. The third-order valence-electron chi connectivity index (χ3n) is 9.42. The van der Waals surface area contributed by atoms with Gasteiger partial charge in [-0.05, 0) is 104 Å². The van der Waals surface area contributed by atoms with Crippen LogP contribution in [0.4, 0.5) is 0 Å². The molecule has 0 aromatic carbocycles. The first-order valence-electron chi connectivity index (χ1n) is 13.6. The van der Waals surface area contributed by atoms with Crippen molar-refractivity contribution < 1.29 is 27.0 Å². The van der Waals surface area contributed by atoms with Crippen molar-refractivity contribution in [2.45, 2.75) is 97.1 Å². The van der Waals surface area contributed by atoms with Crippen molar-refractivity contribution in [1.82, 2.24) is 0 Å². The lowest BCUT2D eigenvalue weighted by molar-refractivity contribution is -0.174. The Bertz CT molecular complexity index is 804. The lowest BCUT2D eigenvalue weighted by Crippen LogP contribution is -2.58. The van der Waals surface area contributed by atoms with Crippen molar-refractivity contribution in [1.29, 1.82) is 0 Å². The second kappa shape index (κ2) is 7.27. The van der Waals surface area contributed by atoms with Crippen molar-refractivity contribution in [2.24, 2.45) is 46.3 Å². The Morgan fingerprint density at radius 3 is 2.61 bits per heavy atom. The topological polar surface area (TPSA) is 77.8 Å². The lowest BCUT2D eigenvalue weighted by atomic mass is 9.43. The van der Waals surface area contributed by atoms with Gasteiger partial charge in [0, 0.05) is 11.9 Å². The van der Waals surface area contributed by atoms with Gasteiger partial charge in [0.05, 0.1) is 13.6 Å². The summed E-state index contributed by atoms with van der Waals surface area (Å²) < 4.78 is 42.3. The Balaban J connectivity index is 1.66.